The summed E-state index contributed by atoms with van der Waals surface area (Å²) in [6.45, 7) is 0. The number of nitrogens with zero attached hydrogens (tertiary/aromatic N) is 3. The molecular weight excluding hydrogens is 591 g/mol. The van der Waals surface area contributed by atoms with Crippen molar-refractivity contribution >= 4 is 75.1 Å². The van der Waals surface area contributed by atoms with E-state index in [-0.39, 0.29) is 0 Å². The minimum absolute atomic E-state index is 0.689. The van der Waals surface area contributed by atoms with Gasteiger partial charge in [-0.05, 0) is 83.9 Å². The van der Waals surface area contributed by atoms with Gasteiger partial charge >= 0.3 is 0 Å². The summed E-state index contributed by atoms with van der Waals surface area (Å²) in [5.74, 6) is 0. The summed E-state index contributed by atoms with van der Waals surface area (Å²) in [5.41, 5.74) is 10.0. The van der Waals surface area contributed by atoms with Crippen molar-refractivity contribution in [3.8, 4) is 28.6 Å². The van der Waals surface area contributed by atoms with Gasteiger partial charge in [0.1, 0.15) is 0 Å². The number of rotatable bonds is 3. The maximum absolute atomic E-state index is 9.68. The van der Waals surface area contributed by atoms with Crippen LogP contribution in [-0.2, 0) is 0 Å². The number of hydrogen-bond donors (Lipinski definition) is 0. The highest BCUT2D eigenvalue weighted by Gasteiger charge is 2.18. The molecule has 7 aromatic carbocycles. The zero-order chi connectivity index (χ0) is 31.1. The van der Waals surface area contributed by atoms with E-state index in [0.29, 0.717) is 5.56 Å². The van der Waals surface area contributed by atoms with Gasteiger partial charge in [-0.25, -0.2) is 0 Å². The van der Waals surface area contributed by atoms with Crippen molar-refractivity contribution < 1.29 is 0 Å². The quantitative estimate of drug-likeness (QED) is 0.195. The second-order valence-corrected chi connectivity index (χ2v) is 13.2. The molecular formula is C43H25N3S. The molecule has 218 valence electrons. The molecule has 0 unspecified atom stereocenters. The second-order valence-electron chi connectivity index (χ2n) is 12.1. The van der Waals surface area contributed by atoms with E-state index in [1.807, 2.05) is 12.1 Å². The summed E-state index contributed by atoms with van der Waals surface area (Å²) in [7, 11) is 0. The minimum atomic E-state index is 0.689. The van der Waals surface area contributed by atoms with Crippen LogP contribution in [0.15, 0.2) is 152 Å². The molecule has 10 rings (SSSR count). The fraction of sp³-hybridized carbons (Fsp3) is 0. The SMILES string of the molecule is N#Cc1ccc2sc3ccc4c(c5ccccc5n4-c4cccc(-c5cccc(-n6c7ccccc7c7ccccc76)c5)c4)c3c2c1. The van der Waals surface area contributed by atoms with Gasteiger partial charge in [-0.3, -0.25) is 0 Å². The van der Waals surface area contributed by atoms with Gasteiger partial charge in [0.2, 0.25) is 0 Å². The van der Waals surface area contributed by atoms with E-state index in [2.05, 4.69) is 155 Å². The van der Waals surface area contributed by atoms with Crippen LogP contribution >= 0.6 is 11.3 Å². The molecule has 3 aromatic heterocycles. The Labute approximate surface area is 274 Å². The molecule has 0 fully saturated rings. The molecule has 4 heteroatoms. The first-order chi connectivity index (χ1) is 23.3. The number of nitriles is 1. The van der Waals surface area contributed by atoms with Crippen molar-refractivity contribution in [1.29, 1.82) is 5.26 Å². The Morgan fingerprint density at radius 1 is 0.426 bits per heavy atom. The number of benzene rings is 7. The van der Waals surface area contributed by atoms with Crippen LogP contribution < -0.4 is 0 Å². The lowest BCUT2D eigenvalue weighted by Gasteiger charge is -2.12. The molecule has 3 nitrogen and oxygen atoms in total. The third-order valence-electron chi connectivity index (χ3n) is 9.52. The molecule has 0 atom stereocenters. The van der Waals surface area contributed by atoms with Gasteiger partial charge in [-0.2, -0.15) is 5.26 Å². The average molecular weight is 616 g/mol. The molecule has 0 amide bonds. The summed E-state index contributed by atoms with van der Waals surface area (Å²) in [6, 6.07) is 56.6. The zero-order valence-corrected chi connectivity index (χ0v) is 26.0. The van der Waals surface area contributed by atoms with E-state index < -0.39 is 0 Å². The zero-order valence-electron chi connectivity index (χ0n) is 25.2. The van der Waals surface area contributed by atoms with E-state index >= 15 is 0 Å². The van der Waals surface area contributed by atoms with Crippen LogP contribution in [0.3, 0.4) is 0 Å². The van der Waals surface area contributed by atoms with Crippen molar-refractivity contribution in [1.82, 2.24) is 9.13 Å². The second kappa shape index (κ2) is 9.92. The van der Waals surface area contributed by atoms with Crippen molar-refractivity contribution in [2.24, 2.45) is 0 Å². The first kappa shape index (κ1) is 26.1. The van der Waals surface area contributed by atoms with Crippen LogP contribution in [0.2, 0.25) is 0 Å². The summed E-state index contributed by atoms with van der Waals surface area (Å²) in [6.07, 6.45) is 0. The van der Waals surface area contributed by atoms with Gasteiger partial charge in [0.05, 0.1) is 33.7 Å². The fourth-order valence-corrected chi connectivity index (χ4v) is 8.62. The van der Waals surface area contributed by atoms with Crippen LogP contribution in [0.5, 0.6) is 0 Å². The van der Waals surface area contributed by atoms with Gasteiger partial charge in [0, 0.05) is 53.1 Å². The molecule has 0 bridgehead atoms. The van der Waals surface area contributed by atoms with Gasteiger partial charge < -0.3 is 9.13 Å². The highest BCUT2D eigenvalue weighted by Crippen LogP contribution is 2.44. The Bertz CT molecular complexity index is 2880. The topological polar surface area (TPSA) is 33.6 Å². The maximum atomic E-state index is 9.68. The summed E-state index contributed by atoms with van der Waals surface area (Å²) in [5, 5.41) is 17.0. The summed E-state index contributed by atoms with van der Waals surface area (Å²) < 4.78 is 7.20. The molecule has 0 saturated carbocycles. The molecule has 10 aromatic rings. The van der Waals surface area contributed by atoms with E-state index in [9.17, 15) is 5.26 Å². The Balaban J connectivity index is 1.18. The van der Waals surface area contributed by atoms with Crippen molar-refractivity contribution in [3.63, 3.8) is 0 Å². The van der Waals surface area contributed by atoms with Crippen LogP contribution in [0, 0.1) is 11.3 Å². The van der Waals surface area contributed by atoms with Crippen molar-refractivity contribution in [3.05, 3.63) is 157 Å². The third kappa shape index (κ3) is 3.78. The van der Waals surface area contributed by atoms with E-state index in [1.165, 1.54) is 58.4 Å². The largest absolute Gasteiger partial charge is 0.309 e. The van der Waals surface area contributed by atoms with Gasteiger partial charge in [0.15, 0.2) is 0 Å². The number of para-hydroxylation sites is 3. The molecule has 0 saturated heterocycles. The molecule has 0 aliphatic carbocycles. The summed E-state index contributed by atoms with van der Waals surface area (Å²) >= 11 is 1.79. The number of aromatic nitrogens is 2. The monoisotopic (exact) mass is 615 g/mol. The van der Waals surface area contributed by atoms with Gasteiger partial charge in [-0.15, -0.1) is 11.3 Å². The predicted molar refractivity (Wildman–Crippen MR) is 198 cm³/mol. The van der Waals surface area contributed by atoms with Crippen molar-refractivity contribution in [2.75, 3.05) is 0 Å². The molecule has 0 aliphatic rings. The first-order valence-electron chi connectivity index (χ1n) is 15.7. The fourth-order valence-electron chi connectivity index (χ4n) is 7.52. The molecule has 0 aliphatic heterocycles. The van der Waals surface area contributed by atoms with Crippen LogP contribution in [0.25, 0.3) is 86.3 Å². The lowest BCUT2D eigenvalue weighted by atomic mass is 10.0. The third-order valence-corrected chi connectivity index (χ3v) is 10.7. The molecule has 47 heavy (non-hydrogen) atoms. The van der Waals surface area contributed by atoms with Crippen molar-refractivity contribution in [2.45, 2.75) is 0 Å². The first-order valence-corrected chi connectivity index (χ1v) is 16.6. The lowest BCUT2D eigenvalue weighted by Crippen LogP contribution is -1.96. The smallest absolute Gasteiger partial charge is 0.0991 e. The lowest BCUT2D eigenvalue weighted by molar-refractivity contribution is 1.17. The Morgan fingerprint density at radius 2 is 0.979 bits per heavy atom. The Morgan fingerprint density at radius 3 is 1.62 bits per heavy atom. The van der Waals surface area contributed by atoms with E-state index in [0.717, 1.165) is 27.8 Å². The predicted octanol–water partition coefficient (Wildman–Crippen LogP) is 11.8. The van der Waals surface area contributed by atoms with Gasteiger partial charge in [-0.1, -0.05) is 78.9 Å². The maximum Gasteiger partial charge on any atom is 0.0991 e. The Kier molecular flexibility index (Phi) is 5.51. The molecule has 3 heterocycles. The van der Waals surface area contributed by atoms with Crippen LogP contribution in [0.1, 0.15) is 5.56 Å². The highest BCUT2D eigenvalue weighted by atomic mass is 32.1. The van der Waals surface area contributed by atoms with E-state index in [4.69, 9.17) is 0 Å². The van der Waals surface area contributed by atoms with Crippen LogP contribution in [-0.4, -0.2) is 9.13 Å². The normalized spacial score (nSPS) is 11.8. The molecule has 0 N–H and O–H groups in total. The van der Waals surface area contributed by atoms with Crippen LogP contribution in [0.4, 0.5) is 0 Å². The Hall–Kier alpha value is -6.15. The molecule has 0 spiro atoms. The van der Waals surface area contributed by atoms with Gasteiger partial charge in [0.25, 0.3) is 0 Å². The highest BCUT2D eigenvalue weighted by molar-refractivity contribution is 7.26. The standard InChI is InChI=1S/C43H25N3S/c44-26-27-19-21-40-35(23-27)43-41(47-40)22-20-39-42(43)34-15-3-6-18-38(34)46(39)31-12-8-10-29(25-31)28-9-7-11-30(24-28)45-36-16-4-1-13-32(36)33-14-2-5-17-37(33)45/h1-25H. The molecule has 0 radical (unpaired) electrons. The number of hydrogen-bond acceptors (Lipinski definition) is 2. The number of thiophene rings is 1. The summed E-state index contributed by atoms with van der Waals surface area (Å²) in [4.78, 5) is 0. The minimum Gasteiger partial charge on any atom is -0.309 e. The number of fused-ring (bicyclic) bond motifs is 10. The average Bonchev–Trinajstić information content (AvgIpc) is 3.79. The van der Waals surface area contributed by atoms with E-state index in [1.54, 1.807) is 11.3 Å².